The molecule has 1 aliphatic rings. The fourth-order valence-corrected chi connectivity index (χ4v) is 2.65. The minimum atomic E-state index is -4.59. The molecule has 1 saturated heterocycles. The quantitative estimate of drug-likeness (QED) is 0.925. The molecule has 0 bridgehead atoms. The molecule has 0 radical (unpaired) electrons. The number of aromatic nitrogens is 2. The summed E-state index contributed by atoms with van der Waals surface area (Å²) in [6, 6.07) is 0.123. The monoisotopic (exact) mass is 304 g/mol. The molecule has 0 spiro atoms. The van der Waals surface area contributed by atoms with Crippen LogP contribution in [0.5, 0.6) is 0 Å². The Balaban J connectivity index is 2.29. The molecule has 0 aliphatic carbocycles. The van der Waals surface area contributed by atoms with Crippen molar-refractivity contribution in [2.45, 2.75) is 38.5 Å². The molecule has 1 amide bonds. The summed E-state index contributed by atoms with van der Waals surface area (Å²) < 4.78 is 40.3. The average Bonchev–Trinajstić information content (AvgIpc) is 2.90. The third kappa shape index (κ3) is 3.20. The van der Waals surface area contributed by atoms with E-state index in [-0.39, 0.29) is 18.2 Å². The van der Waals surface area contributed by atoms with Crippen LogP contribution in [0.4, 0.5) is 13.2 Å². The Morgan fingerprint density at radius 1 is 1.52 bits per heavy atom. The number of carbonyl (C=O) groups is 1. The lowest BCUT2D eigenvalue weighted by Gasteiger charge is -2.32. The molecule has 1 fully saturated rings. The van der Waals surface area contributed by atoms with Gasteiger partial charge >= 0.3 is 6.18 Å². The first kappa shape index (κ1) is 15.8. The van der Waals surface area contributed by atoms with Crippen molar-refractivity contribution in [3.63, 3.8) is 0 Å². The number of hydrogen-bond acceptors (Lipinski definition) is 3. The van der Waals surface area contributed by atoms with Crippen LogP contribution in [-0.2, 0) is 12.7 Å². The molecule has 1 unspecified atom stereocenters. The molecule has 118 valence electrons. The van der Waals surface area contributed by atoms with Crippen molar-refractivity contribution in [1.82, 2.24) is 20.0 Å². The number of carbonyl (C=O) groups excluding carboxylic acids is 1. The van der Waals surface area contributed by atoms with Crippen LogP contribution in [0.2, 0.25) is 0 Å². The molecule has 1 N–H and O–H groups in total. The van der Waals surface area contributed by atoms with Crippen LogP contribution in [0.1, 0.15) is 35.8 Å². The van der Waals surface area contributed by atoms with E-state index < -0.39 is 17.8 Å². The van der Waals surface area contributed by atoms with Gasteiger partial charge in [-0.15, -0.1) is 0 Å². The zero-order valence-electron chi connectivity index (χ0n) is 12.1. The Bertz CT molecular complexity index is 512. The predicted molar refractivity (Wildman–Crippen MR) is 70.9 cm³/mol. The molecule has 2 heterocycles. The van der Waals surface area contributed by atoms with Crippen molar-refractivity contribution < 1.29 is 18.0 Å². The predicted octanol–water partition coefficient (Wildman–Crippen LogP) is 1.75. The lowest BCUT2D eigenvalue weighted by molar-refractivity contribution is -0.144. The van der Waals surface area contributed by atoms with Crippen LogP contribution >= 0.6 is 0 Å². The second kappa shape index (κ2) is 6.05. The van der Waals surface area contributed by atoms with E-state index in [0.29, 0.717) is 13.1 Å². The first-order valence-electron chi connectivity index (χ1n) is 6.98. The molecule has 0 aromatic carbocycles. The van der Waals surface area contributed by atoms with Crippen molar-refractivity contribution in [1.29, 1.82) is 0 Å². The van der Waals surface area contributed by atoms with Crippen molar-refractivity contribution >= 4 is 5.91 Å². The Kier molecular flexibility index (Phi) is 4.55. The number of nitrogens with one attached hydrogen (secondary N) is 1. The Morgan fingerprint density at radius 2 is 2.24 bits per heavy atom. The van der Waals surface area contributed by atoms with Crippen LogP contribution < -0.4 is 5.32 Å². The van der Waals surface area contributed by atoms with Gasteiger partial charge in [0, 0.05) is 25.7 Å². The SMILES string of the molecule is CCn1ncc(C(=O)N2CCCC(NC)C2)c1C(F)(F)F. The molecule has 2 rings (SSSR count). The van der Waals surface area contributed by atoms with E-state index >= 15 is 0 Å². The maximum absolute atomic E-state index is 13.2. The van der Waals surface area contributed by atoms with Crippen LogP contribution in [0, 0.1) is 0 Å². The number of aryl methyl sites for hydroxylation is 1. The Labute approximate surface area is 121 Å². The number of likely N-dealkylation sites (tertiary alicyclic amines) is 1. The molecule has 1 aliphatic heterocycles. The first-order valence-corrected chi connectivity index (χ1v) is 6.98. The van der Waals surface area contributed by atoms with E-state index in [4.69, 9.17) is 0 Å². The number of rotatable bonds is 3. The van der Waals surface area contributed by atoms with Crippen molar-refractivity contribution in [3.8, 4) is 0 Å². The fourth-order valence-electron chi connectivity index (χ4n) is 2.65. The topological polar surface area (TPSA) is 50.2 Å². The van der Waals surface area contributed by atoms with Gasteiger partial charge in [-0.2, -0.15) is 18.3 Å². The van der Waals surface area contributed by atoms with E-state index in [1.165, 1.54) is 4.90 Å². The van der Waals surface area contributed by atoms with Gasteiger partial charge in [0.05, 0.1) is 11.8 Å². The van der Waals surface area contributed by atoms with Gasteiger partial charge in [0.1, 0.15) is 0 Å². The third-order valence-corrected chi connectivity index (χ3v) is 3.75. The molecule has 5 nitrogen and oxygen atoms in total. The van der Waals surface area contributed by atoms with Gasteiger partial charge in [-0.3, -0.25) is 9.48 Å². The van der Waals surface area contributed by atoms with Gasteiger partial charge in [-0.05, 0) is 26.8 Å². The maximum atomic E-state index is 13.2. The van der Waals surface area contributed by atoms with E-state index in [2.05, 4.69) is 10.4 Å². The number of alkyl halides is 3. The summed E-state index contributed by atoms with van der Waals surface area (Å²) in [7, 11) is 1.79. The molecular weight excluding hydrogens is 285 g/mol. The standard InChI is InChI=1S/C13H19F3N4O/c1-3-20-11(13(14,15)16)10(7-18-20)12(21)19-6-4-5-9(8-19)17-2/h7,9,17H,3-6,8H2,1-2H3. The summed E-state index contributed by atoms with van der Waals surface area (Å²) in [5, 5.41) is 6.75. The van der Waals surface area contributed by atoms with Crippen LogP contribution in [0.3, 0.4) is 0 Å². The summed E-state index contributed by atoms with van der Waals surface area (Å²) in [6.07, 6.45) is -1.87. The fraction of sp³-hybridized carbons (Fsp3) is 0.692. The molecule has 21 heavy (non-hydrogen) atoms. The highest BCUT2D eigenvalue weighted by molar-refractivity contribution is 5.95. The lowest BCUT2D eigenvalue weighted by atomic mass is 10.0. The molecule has 1 atom stereocenters. The second-order valence-electron chi connectivity index (χ2n) is 5.10. The highest BCUT2D eigenvalue weighted by Gasteiger charge is 2.41. The van der Waals surface area contributed by atoms with Gasteiger partial charge in [0.2, 0.25) is 0 Å². The van der Waals surface area contributed by atoms with Gasteiger partial charge in [0.25, 0.3) is 5.91 Å². The smallest absolute Gasteiger partial charge is 0.337 e. The average molecular weight is 304 g/mol. The molecule has 1 aromatic rings. The summed E-state index contributed by atoms with van der Waals surface area (Å²) in [6.45, 7) is 2.53. The maximum Gasteiger partial charge on any atom is 0.433 e. The highest BCUT2D eigenvalue weighted by Crippen LogP contribution is 2.32. The number of nitrogens with zero attached hydrogens (tertiary/aromatic N) is 3. The normalized spacial score (nSPS) is 19.9. The number of halogens is 3. The Hall–Kier alpha value is -1.57. The molecule has 8 heteroatoms. The van der Waals surface area contributed by atoms with Gasteiger partial charge < -0.3 is 10.2 Å². The van der Waals surface area contributed by atoms with Crippen LogP contribution in [-0.4, -0.2) is 46.8 Å². The minimum Gasteiger partial charge on any atom is -0.337 e. The summed E-state index contributed by atoms with van der Waals surface area (Å²) in [5.74, 6) is -0.595. The van der Waals surface area contributed by atoms with Crippen molar-refractivity contribution in [2.24, 2.45) is 0 Å². The second-order valence-corrected chi connectivity index (χ2v) is 5.10. The number of likely N-dealkylation sites (N-methyl/N-ethyl adjacent to an activating group) is 1. The molecular formula is C13H19F3N4O. The highest BCUT2D eigenvalue weighted by atomic mass is 19.4. The summed E-state index contributed by atoms with van der Waals surface area (Å²) >= 11 is 0. The number of amides is 1. The largest absolute Gasteiger partial charge is 0.433 e. The summed E-state index contributed by atoms with van der Waals surface area (Å²) in [4.78, 5) is 13.9. The first-order chi connectivity index (χ1) is 9.88. The van der Waals surface area contributed by atoms with Gasteiger partial charge in [0.15, 0.2) is 5.69 Å². The summed E-state index contributed by atoms with van der Waals surface area (Å²) in [5.41, 5.74) is -1.32. The van der Waals surface area contributed by atoms with Gasteiger partial charge in [-0.1, -0.05) is 0 Å². The Morgan fingerprint density at radius 3 is 2.81 bits per heavy atom. The van der Waals surface area contributed by atoms with E-state index in [9.17, 15) is 18.0 Å². The zero-order valence-corrected chi connectivity index (χ0v) is 12.1. The van der Waals surface area contributed by atoms with Crippen molar-refractivity contribution in [2.75, 3.05) is 20.1 Å². The minimum absolute atomic E-state index is 0.0707. The van der Waals surface area contributed by atoms with E-state index in [0.717, 1.165) is 23.7 Å². The van der Waals surface area contributed by atoms with Crippen LogP contribution in [0.25, 0.3) is 0 Å². The van der Waals surface area contributed by atoms with E-state index in [1.807, 2.05) is 0 Å². The third-order valence-electron chi connectivity index (χ3n) is 3.75. The van der Waals surface area contributed by atoms with Gasteiger partial charge in [-0.25, -0.2) is 0 Å². The number of piperidine rings is 1. The van der Waals surface area contributed by atoms with Crippen LogP contribution in [0.15, 0.2) is 6.20 Å². The lowest BCUT2D eigenvalue weighted by Crippen LogP contribution is -2.47. The molecule has 0 saturated carbocycles. The van der Waals surface area contributed by atoms with E-state index in [1.54, 1.807) is 14.0 Å². The van der Waals surface area contributed by atoms with Crippen molar-refractivity contribution in [3.05, 3.63) is 17.5 Å². The number of hydrogen-bond donors (Lipinski definition) is 1. The molecule has 1 aromatic heterocycles. The zero-order chi connectivity index (χ0) is 15.6.